The Bertz CT molecular complexity index is 772. The van der Waals surface area contributed by atoms with Crippen LogP contribution in [0.5, 0.6) is 0 Å². The average Bonchev–Trinajstić information content (AvgIpc) is 2.66. The van der Waals surface area contributed by atoms with Gasteiger partial charge in [0.25, 0.3) is 0 Å². The van der Waals surface area contributed by atoms with Gasteiger partial charge in [-0.05, 0) is 46.1 Å². The lowest BCUT2D eigenvalue weighted by atomic mass is 9.84. The maximum atomic E-state index is 12.5. The first-order chi connectivity index (χ1) is 12.4. The van der Waals surface area contributed by atoms with Crippen molar-refractivity contribution in [3.05, 3.63) is 58.2 Å². The number of carbonyl (C=O) groups is 3. The summed E-state index contributed by atoms with van der Waals surface area (Å²) in [6.45, 7) is 8.31. The highest BCUT2D eigenvalue weighted by Crippen LogP contribution is 2.27. The predicted octanol–water partition coefficient (Wildman–Crippen LogP) is 4.01. The van der Waals surface area contributed by atoms with E-state index in [4.69, 9.17) is 0 Å². The van der Waals surface area contributed by atoms with Crippen LogP contribution >= 0.6 is 0 Å². The summed E-state index contributed by atoms with van der Waals surface area (Å²) in [7, 11) is 0. The first-order valence-electron chi connectivity index (χ1n) is 9.15. The Morgan fingerprint density at radius 3 is 2.15 bits per heavy atom. The average molecular weight is 353 g/mol. The van der Waals surface area contributed by atoms with Gasteiger partial charge in [0.15, 0.2) is 11.6 Å². The van der Waals surface area contributed by atoms with E-state index in [2.05, 4.69) is 0 Å². The van der Waals surface area contributed by atoms with Crippen LogP contribution in [-0.2, 0) is 20.9 Å². The lowest BCUT2D eigenvalue weighted by Crippen LogP contribution is -2.30. The quantitative estimate of drug-likeness (QED) is 0.696. The second-order valence-electron chi connectivity index (χ2n) is 6.76. The molecule has 1 aromatic carbocycles. The highest BCUT2D eigenvalue weighted by atomic mass is 16.2. The van der Waals surface area contributed by atoms with Crippen LogP contribution in [0.25, 0.3) is 0 Å². The molecule has 0 spiro atoms. The van der Waals surface area contributed by atoms with E-state index < -0.39 is 0 Å². The molecule has 0 radical (unpaired) electrons. The van der Waals surface area contributed by atoms with Crippen molar-refractivity contribution in [1.82, 2.24) is 4.90 Å². The van der Waals surface area contributed by atoms with E-state index in [1.54, 1.807) is 20.8 Å². The van der Waals surface area contributed by atoms with Crippen LogP contribution < -0.4 is 0 Å². The molecule has 0 unspecified atom stereocenters. The molecule has 1 aliphatic carbocycles. The number of nitrogens with zero attached hydrogens (tertiary/aromatic N) is 1. The Morgan fingerprint density at radius 1 is 0.923 bits per heavy atom. The van der Waals surface area contributed by atoms with E-state index in [-0.39, 0.29) is 17.5 Å². The summed E-state index contributed by atoms with van der Waals surface area (Å²) < 4.78 is 0. The van der Waals surface area contributed by atoms with Gasteiger partial charge in [-0.15, -0.1) is 0 Å². The van der Waals surface area contributed by atoms with E-state index in [0.717, 1.165) is 5.56 Å². The summed E-state index contributed by atoms with van der Waals surface area (Å²) in [5.41, 5.74) is 3.26. The van der Waals surface area contributed by atoms with E-state index in [1.165, 1.54) is 0 Å². The molecule has 0 fully saturated rings. The van der Waals surface area contributed by atoms with Crippen molar-refractivity contribution < 1.29 is 14.4 Å². The Kier molecular flexibility index (Phi) is 6.67. The van der Waals surface area contributed by atoms with Crippen LogP contribution in [0.2, 0.25) is 0 Å². The molecule has 0 bridgehead atoms. The number of ketones is 2. The van der Waals surface area contributed by atoms with Crippen molar-refractivity contribution in [3.63, 3.8) is 0 Å². The molecule has 0 saturated heterocycles. The lowest BCUT2D eigenvalue weighted by molar-refractivity contribution is -0.131. The van der Waals surface area contributed by atoms with E-state index >= 15 is 0 Å². The van der Waals surface area contributed by atoms with Crippen LogP contribution in [-0.4, -0.2) is 28.9 Å². The van der Waals surface area contributed by atoms with Crippen LogP contribution in [0.3, 0.4) is 0 Å². The summed E-state index contributed by atoms with van der Waals surface area (Å²) in [5.74, 6) is -0.0287. The molecule has 0 aromatic heterocycles. The van der Waals surface area contributed by atoms with Crippen LogP contribution in [0.15, 0.2) is 52.6 Å². The van der Waals surface area contributed by atoms with Gasteiger partial charge in [-0.25, -0.2) is 0 Å². The molecule has 0 N–H and O–H groups in total. The minimum absolute atomic E-state index is 0.0521. The lowest BCUT2D eigenvalue weighted by Gasteiger charge is -2.22. The molecule has 1 aromatic rings. The fraction of sp³-hybridized carbons (Fsp3) is 0.409. The second kappa shape index (κ2) is 8.75. The van der Waals surface area contributed by atoms with Crippen molar-refractivity contribution >= 4 is 17.5 Å². The maximum Gasteiger partial charge on any atom is 0.222 e. The summed E-state index contributed by atoms with van der Waals surface area (Å²) in [5, 5.41) is 0. The highest BCUT2D eigenvalue weighted by molar-refractivity contribution is 6.24. The van der Waals surface area contributed by atoms with Gasteiger partial charge < -0.3 is 4.90 Å². The normalized spacial score (nSPS) is 14.9. The molecule has 2 rings (SSSR count). The molecule has 0 heterocycles. The summed E-state index contributed by atoms with van der Waals surface area (Å²) >= 11 is 0. The first-order valence-corrected chi connectivity index (χ1v) is 9.15. The molecule has 26 heavy (non-hydrogen) atoms. The van der Waals surface area contributed by atoms with Crippen molar-refractivity contribution in [1.29, 1.82) is 0 Å². The monoisotopic (exact) mass is 353 g/mol. The van der Waals surface area contributed by atoms with Crippen LogP contribution in [0.4, 0.5) is 0 Å². The zero-order valence-electron chi connectivity index (χ0n) is 16.1. The zero-order valence-corrected chi connectivity index (χ0v) is 16.1. The van der Waals surface area contributed by atoms with Crippen molar-refractivity contribution in [3.8, 4) is 0 Å². The molecule has 4 nitrogen and oxygen atoms in total. The zero-order chi connectivity index (χ0) is 19.3. The van der Waals surface area contributed by atoms with Crippen LogP contribution in [0, 0.1) is 0 Å². The molecule has 0 saturated carbocycles. The third kappa shape index (κ3) is 4.37. The second-order valence-corrected chi connectivity index (χ2v) is 6.76. The third-order valence-corrected chi connectivity index (χ3v) is 5.08. The fourth-order valence-corrected chi connectivity index (χ4v) is 3.21. The van der Waals surface area contributed by atoms with Gasteiger partial charge in [0.2, 0.25) is 5.91 Å². The number of carbonyl (C=O) groups excluding carboxylic acids is 3. The number of benzene rings is 1. The maximum absolute atomic E-state index is 12.5. The number of Topliss-reactive ketones (excluding diaryl/α,β-unsaturated/α-hetero) is 2. The molecule has 1 aliphatic rings. The van der Waals surface area contributed by atoms with Crippen molar-refractivity contribution in [2.24, 2.45) is 0 Å². The van der Waals surface area contributed by atoms with E-state index in [0.29, 0.717) is 54.6 Å². The Labute approximate surface area is 155 Å². The van der Waals surface area contributed by atoms with Gasteiger partial charge in [-0.2, -0.15) is 0 Å². The van der Waals surface area contributed by atoms with Gasteiger partial charge in [0.05, 0.1) is 0 Å². The molecule has 0 atom stereocenters. The van der Waals surface area contributed by atoms with Gasteiger partial charge in [0, 0.05) is 41.8 Å². The minimum Gasteiger partial charge on any atom is -0.339 e. The third-order valence-electron chi connectivity index (χ3n) is 5.08. The number of hydrogen-bond donors (Lipinski definition) is 0. The van der Waals surface area contributed by atoms with E-state index in [9.17, 15) is 14.4 Å². The summed E-state index contributed by atoms with van der Waals surface area (Å²) in [6, 6.07) is 9.90. The first kappa shape index (κ1) is 19.8. The SMILES string of the molecule is CCN(Cc1ccccc1)C(=O)CCCC1=C(C)C(=O)C(C)=C(C)C1=O. The molecule has 1 amide bonds. The largest absolute Gasteiger partial charge is 0.339 e. The van der Waals surface area contributed by atoms with Gasteiger partial charge in [-0.1, -0.05) is 30.3 Å². The Morgan fingerprint density at radius 2 is 1.54 bits per heavy atom. The number of hydrogen-bond acceptors (Lipinski definition) is 3. The van der Waals surface area contributed by atoms with E-state index in [1.807, 2.05) is 42.2 Å². The molecular weight excluding hydrogens is 326 g/mol. The summed E-state index contributed by atoms with van der Waals surface area (Å²) in [4.78, 5) is 39.0. The molecule has 0 aliphatic heterocycles. The van der Waals surface area contributed by atoms with Gasteiger partial charge >= 0.3 is 0 Å². The molecule has 138 valence electrons. The highest BCUT2D eigenvalue weighted by Gasteiger charge is 2.27. The number of allylic oxidation sites excluding steroid dienone is 4. The fourth-order valence-electron chi connectivity index (χ4n) is 3.21. The molecular formula is C22H27NO3. The van der Waals surface area contributed by atoms with Crippen LogP contribution in [0.1, 0.15) is 52.5 Å². The number of rotatable bonds is 7. The van der Waals surface area contributed by atoms with Gasteiger partial charge in [0.1, 0.15) is 0 Å². The smallest absolute Gasteiger partial charge is 0.222 e. The summed E-state index contributed by atoms with van der Waals surface area (Å²) in [6.07, 6.45) is 1.42. The minimum atomic E-state index is -0.0531. The topological polar surface area (TPSA) is 54.5 Å². The standard InChI is InChI=1S/C22H27NO3/c1-5-23(14-18-10-7-6-8-11-18)20(24)13-9-12-19-17(4)21(25)15(2)16(3)22(19)26/h6-8,10-11H,5,9,12-14H2,1-4H3. The Balaban J connectivity index is 1.95. The molecule has 4 heteroatoms. The predicted molar refractivity (Wildman–Crippen MR) is 102 cm³/mol. The van der Waals surface area contributed by atoms with Gasteiger partial charge in [-0.3, -0.25) is 14.4 Å². The van der Waals surface area contributed by atoms with Crippen molar-refractivity contribution in [2.75, 3.05) is 6.54 Å². The Hall–Kier alpha value is -2.49. The number of amides is 1. The van der Waals surface area contributed by atoms with Crippen molar-refractivity contribution in [2.45, 2.75) is 53.5 Å².